The van der Waals surface area contributed by atoms with Gasteiger partial charge in [-0.25, -0.2) is 4.79 Å². The maximum Gasteiger partial charge on any atom is 0.318 e. The average Bonchev–Trinajstić information content (AvgIpc) is 2.93. The fourth-order valence-electron chi connectivity index (χ4n) is 4.57. The van der Waals surface area contributed by atoms with Gasteiger partial charge >= 0.3 is 6.03 Å². The molecule has 0 unspecified atom stereocenters. The monoisotopic (exact) mass is 372 g/mol. The molecule has 27 heavy (non-hydrogen) atoms. The molecule has 0 atom stereocenters. The Labute approximate surface area is 161 Å². The zero-order valence-corrected chi connectivity index (χ0v) is 16.7. The van der Waals surface area contributed by atoms with Crippen LogP contribution in [0.5, 0.6) is 0 Å². The molecule has 1 saturated heterocycles. The van der Waals surface area contributed by atoms with Crippen molar-refractivity contribution < 1.29 is 9.59 Å². The van der Waals surface area contributed by atoms with Gasteiger partial charge in [-0.3, -0.25) is 4.79 Å². The number of primary amides is 1. The first-order valence-electron chi connectivity index (χ1n) is 9.90. The van der Waals surface area contributed by atoms with E-state index in [1.54, 1.807) is 18.7 Å². The smallest absolute Gasteiger partial charge is 0.318 e. The van der Waals surface area contributed by atoms with Crippen molar-refractivity contribution in [2.45, 2.75) is 57.5 Å². The Balaban J connectivity index is 1.72. The van der Waals surface area contributed by atoms with Gasteiger partial charge in [-0.15, -0.1) is 0 Å². The lowest BCUT2D eigenvalue weighted by molar-refractivity contribution is -0.126. The van der Waals surface area contributed by atoms with E-state index in [-0.39, 0.29) is 23.0 Å². The molecule has 2 aliphatic rings. The summed E-state index contributed by atoms with van der Waals surface area (Å²) in [5.74, 6) is -0.380. The molecule has 0 bridgehead atoms. The molecular formula is C21H32N4O2. The van der Waals surface area contributed by atoms with Gasteiger partial charge in [0, 0.05) is 18.6 Å². The van der Waals surface area contributed by atoms with Crippen molar-refractivity contribution >= 4 is 11.9 Å². The van der Waals surface area contributed by atoms with Gasteiger partial charge in [-0.2, -0.15) is 0 Å². The van der Waals surface area contributed by atoms with Gasteiger partial charge in [0.2, 0.25) is 5.91 Å². The fraction of sp³-hybridized carbons (Fsp3) is 0.619. The predicted molar refractivity (Wildman–Crippen MR) is 106 cm³/mol. The quantitative estimate of drug-likeness (QED) is 0.716. The van der Waals surface area contributed by atoms with Crippen LogP contribution in [0.4, 0.5) is 4.79 Å². The summed E-state index contributed by atoms with van der Waals surface area (Å²) < 4.78 is 0. The first-order valence-corrected chi connectivity index (χ1v) is 9.90. The molecule has 1 aliphatic heterocycles. The van der Waals surface area contributed by atoms with Crippen LogP contribution in [0.3, 0.4) is 0 Å². The zero-order chi connectivity index (χ0) is 19.7. The molecular weight excluding hydrogens is 340 g/mol. The van der Waals surface area contributed by atoms with Crippen LogP contribution in [-0.4, -0.2) is 42.0 Å². The maximum atomic E-state index is 12.6. The van der Waals surface area contributed by atoms with Crippen LogP contribution in [0.15, 0.2) is 30.3 Å². The van der Waals surface area contributed by atoms with Gasteiger partial charge < -0.3 is 21.3 Å². The van der Waals surface area contributed by atoms with E-state index in [4.69, 9.17) is 5.73 Å². The van der Waals surface area contributed by atoms with Gasteiger partial charge in [0.15, 0.2) is 0 Å². The number of urea groups is 1. The van der Waals surface area contributed by atoms with Crippen LogP contribution in [0.1, 0.15) is 52.0 Å². The summed E-state index contributed by atoms with van der Waals surface area (Å²) in [5.41, 5.74) is 5.84. The maximum absolute atomic E-state index is 12.6. The normalized spacial score (nSPS) is 28.4. The van der Waals surface area contributed by atoms with Crippen LogP contribution in [0.2, 0.25) is 0 Å². The summed E-state index contributed by atoms with van der Waals surface area (Å²) in [6.45, 7) is 7.62. The highest BCUT2D eigenvalue weighted by Crippen LogP contribution is 2.43. The number of carbonyl (C=O) groups is 2. The third kappa shape index (κ3) is 3.81. The van der Waals surface area contributed by atoms with E-state index in [1.807, 2.05) is 6.07 Å². The first kappa shape index (κ1) is 19.7. The number of nitrogens with one attached hydrogen (secondary N) is 2. The second-order valence-corrected chi connectivity index (χ2v) is 8.79. The Morgan fingerprint density at radius 3 is 2.41 bits per heavy atom. The Hall–Kier alpha value is -2.08. The van der Waals surface area contributed by atoms with Crippen molar-refractivity contribution in [2.75, 3.05) is 19.6 Å². The van der Waals surface area contributed by atoms with Crippen molar-refractivity contribution in [3.63, 3.8) is 0 Å². The van der Waals surface area contributed by atoms with Crippen molar-refractivity contribution in [1.82, 2.24) is 15.5 Å². The van der Waals surface area contributed by atoms with E-state index in [0.29, 0.717) is 13.1 Å². The summed E-state index contributed by atoms with van der Waals surface area (Å²) >= 11 is 0. The minimum absolute atomic E-state index is 0.0358. The van der Waals surface area contributed by atoms with E-state index in [9.17, 15) is 9.59 Å². The molecule has 6 nitrogen and oxygen atoms in total. The zero-order valence-electron chi connectivity index (χ0n) is 16.7. The standard InChI is InChI=1S/C21H32N4O2/c1-4-23-21(16-8-6-5-7-9-16)12-10-20(11-13-21)15-25(18(27)24-20)14-19(2,3)17(22)26/h5-9,23H,4,10-15H2,1-3H3,(H2,22,26)(H,24,27)/t20-,21+. The average molecular weight is 373 g/mol. The Kier molecular flexibility index (Phi) is 5.21. The largest absolute Gasteiger partial charge is 0.369 e. The van der Waals surface area contributed by atoms with Crippen molar-refractivity contribution in [3.8, 4) is 0 Å². The van der Waals surface area contributed by atoms with Crippen LogP contribution < -0.4 is 16.4 Å². The Morgan fingerprint density at radius 1 is 1.22 bits per heavy atom. The summed E-state index contributed by atoms with van der Waals surface area (Å²) in [5, 5.41) is 6.93. The minimum atomic E-state index is -0.727. The SMILES string of the molecule is CCN[C@]1(c2ccccc2)CC[C@]2(CC1)CN(CC(C)(C)C(N)=O)C(=O)N2. The van der Waals surface area contributed by atoms with Crippen LogP contribution in [0, 0.1) is 5.41 Å². The van der Waals surface area contributed by atoms with E-state index in [0.717, 1.165) is 32.2 Å². The van der Waals surface area contributed by atoms with Crippen molar-refractivity contribution in [1.29, 1.82) is 0 Å². The van der Waals surface area contributed by atoms with Crippen molar-refractivity contribution in [2.24, 2.45) is 11.1 Å². The molecule has 1 spiro atoms. The van der Waals surface area contributed by atoms with Crippen LogP contribution >= 0.6 is 0 Å². The van der Waals surface area contributed by atoms with Gasteiger partial charge in [0.25, 0.3) is 0 Å². The summed E-state index contributed by atoms with van der Waals surface area (Å²) in [4.78, 5) is 26.0. The number of hydrogen-bond acceptors (Lipinski definition) is 3. The molecule has 1 heterocycles. The molecule has 4 N–H and O–H groups in total. The van der Waals surface area contributed by atoms with Gasteiger partial charge in [0.05, 0.1) is 11.0 Å². The number of carbonyl (C=O) groups excluding carboxylic acids is 2. The number of benzene rings is 1. The van der Waals surface area contributed by atoms with Gasteiger partial charge in [0.1, 0.15) is 0 Å². The number of rotatable bonds is 6. The third-order valence-corrected chi connectivity index (χ3v) is 6.31. The van der Waals surface area contributed by atoms with E-state index < -0.39 is 5.41 Å². The molecule has 2 fully saturated rings. The summed E-state index contributed by atoms with van der Waals surface area (Å²) in [6, 6.07) is 10.5. The molecule has 3 rings (SSSR count). The lowest BCUT2D eigenvalue weighted by Crippen LogP contribution is -2.54. The molecule has 148 valence electrons. The number of nitrogens with two attached hydrogens (primary N) is 1. The van der Waals surface area contributed by atoms with Crippen LogP contribution in [-0.2, 0) is 10.3 Å². The molecule has 0 radical (unpaired) electrons. The molecule has 6 heteroatoms. The van der Waals surface area contributed by atoms with E-state index in [1.165, 1.54) is 5.56 Å². The molecule has 1 saturated carbocycles. The lowest BCUT2D eigenvalue weighted by atomic mass is 9.69. The summed E-state index contributed by atoms with van der Waals surface area (Å²) in [7, 11) is 0. The second kappa shape index (κ2) is 7.15. The Bertz CT molecular complexity index is 693. The second-order valence-electron chi connectivity index (χ2n) is 8.79. The van der Waals surface area contributed by atoms with Crippen LogP contribution in [0.25, 0.3) is 0 Å². The molecule has 1 aliphatic carbocycles. The highest BCUT2D eigenvalue weighted by molar-refractivity contribution is 5.82. The molecule has 1 aromatic rings. The number of nitrogens with zero attached hydrogens (tertiary/aromatic N) is 1. The van der Waals surface area contributed by atoms with Gasteiger partial charge in [-0.1, -0.05) is 37.3 Å². The van der Waals surface area contributed by atoms with E-state index in [2.05, 4.69) is 41.8 Å². The topological polar surface area (TPSA) is 87.5 Å². The number of amides is 3. The van der Waals surface area contributed by atoms with Gasteiger partial charge in [-0.05, 0) is 51.6 Å². The first-order chi connectivity index (χ1) is 12.7. The van der Waals surface area contributed by atoms with E-state index >= 15 is 0 Å². The molecule has 1 aromatic carbocycles. The molecule has 3 amide bonds. The Morgan fingerprint density at radius 2 is 1.85 bits per heavy atom. The molecule has 0 aromatic heterocycles. The highest BCUT2D eigenvalue weighted by Gasteiger charge is 2.49. The predicted octanol–water partition coefficient (Wildman–Crippen LogP) is 2.34. The minimum Gasteiger partial charge on any atom is -0.369 e. The lowest BCUT2D eigenvalue weighted by Gasteiger charge is -2.45. The fourth-order valence-corrected chi connectivity index (χ4v) is 4.57. The third-order valence-electron chi connectivity index (χ3n) is 6.31. The van der Waals surface area contributed by atoms with Crippen molar-refractivity contribution in [3.05, 3.63) is 35.9 Å². The number of hydrogen-bond donors (Lipinski definition) is 3. The highest BCUT2D eigenvalue weighted by atomic mass is 16.2. The summed E-state index contributed by atoms with van der Waals surface area (Å²) in [6.07, 6.45) is 3.76.